The number of ether oxygens (including phenoxy) is 5. The first-order chi connectivity index (χ1) is 17.7. The van der Waals surface area contributed by atoms with Gasteiger partial charge in [-0.25, -0.2) is 0 Å². The first-order valence-electron chi connectivity index (χ1n) is 12.6. The van der Waals surface area contributed by atoms with Crippen LogP contribution in [0, 0.1) is 0 Å². The van der Waals surface area contributed by atoms with Crippen molar-refractivity contribution in [1.82, 2.24) is 0 Å². The summed E-state index contributed by atoms with van der Waals surface area (Å²) in [6.07, 6.45) is -1.20. The lowest BCUT2D eigenvalue weighted by Gasteiger charge is -2.50. The molecule has 2 heterocycles. The summed E-state index contributed by atoms with van der Waals surface area (Å²) in [5, 5.41) is 0. The van der Waals surface area contributed by atoms with Gasteiger partial charge in [0, 0.05) is 4.90 Å². The van der Waals surface area contributed by atoms with Crippen LogP contribution in [-0.2, 0) is 36.9 Å². The van der Waals surface area contributed by atoms with Crippen LogP contribution in [0.3, 0.4) is 0 Å². The van der Waals surface area contributed by atoms with Crippen LogP contribution in [0.2, 0.25) is 0 Å². The zero-order valence-electron chi connectivity index (χ0n) is 20.8. The van der Waals surface area contributed by atoms with E-state index in [0.717, 1.165) is 16.0 Å². The molecule has 0 aliphatic carbocycles. The SMILES string of the molecule is CC1O[C@@H]2[C@H](OCc3ccccc3)[C@@H](Sc3ccccc3)O[C@H](COCc3ccccc3)[C@H]2OC1C. The van der Waals surface area contributed by atoms with E-state index in [1.54, 1.807) is 11.8 Å². The molecule has 2 aliphatic heterocycles. The zero-order chi connectivity index (χ0) is 24.7. The van der Waals surface area contributed by atoms with Gasteiger partial charge in [-0.05, 0) is 37.1 Å². The van der Waals surface area contributed by atoms with Crippen molar-refractivity contribution < 1.29 is 23.7 Å². The molecule has 190 valence electrons. The zero-order valence-corrected chi connectivity index (χ0v) is 21.6. The average molecular weight is 507 g/mol. The van der Waals surface area contributed by atoms with Gasteiger partial charge in [-0.3, -0.25) is 0 Å². The van der Waals surface area contributed by atoms with Crippen LogP contribution in [-0.4, -0.2) is 48.7 Å². The third-order valence-corrected chi connectivity index (χ3v) is 7.83. The van der Waals surface area contributed by atoms with Crippen LogP contribution in [0.15, 0.2) is 95.9 Å². The van der Waals surface area contributed by atoms with Crippen molar-refractivity contribution in [3.8, 4) is 0 Å². The molecule has 0 bridgehead atoms. The Balaban J connectivity index is 1.36. The monoisotopic (exact) mass is 506 g/mol. The van der Waals surface area contributed by atoms with E-state index in [2.05, 4.69) is 43.3 Å². The Morgan fingerprint density at radius 1 is 0.667 bits per heavy atom. The van der Waals surface area contributed by atoms with Gasteiger partial charge in [0.25, 0.3) is 0 Å². The van der Waals surface area contributed by atoms with Crippen LogP contribution in [0.1, 0.15) is 25.0 Å². The summed E-state index contributed by atoms with van der Waals surface area (Å²) in [7, 11) is 0. The van der Waals surface area contributed by atoms with Gasteiger partial charge in [-0.2, -0.15) is 0 Å². The Morgan fingerprint density at radius 2 is 1.22 bits per heavy atom. The van der Waals surface area contributed by atoms with E-state index < -0.39 is 0 Å². The predicted octanol–water partition coefficient (Wildman–Crippen LogP) is 5.87. The molecule has 2 aliphatic rings. The number of thioether (sulfide) groups is 1. The maximum absolute atomic E-state index is 6.69. The molecule has 0 amide bonds. The maximum atomic E-state index is 6.69. The van der Waals surface area contributed by atoms with Gasteiger partial charge < -0.3 is 23.7 Å². The van der Waals surface area contributed by atoms with Crippen molar-refractivity contribution in [3.05, 3.63) is 102 Å². The summed E-state index contributed by atoms with van der Waals surface area (Å²) in [4.78, 5) is 1.12. The van der Waals surface area contributed by atoms with Gasteiger partial charge in [0.05, 0.1) is 32.0 Å². The molecule has 7 atom stereocenters. The van der Waals surface area contributed by atoms with Crippen LogP contribution in [0.4, 0.5) is 0 Å². The third-order valence-electron chi connectivity index (χ3n) is 6.67. The minimum Gasteiger partial charge on any atom is -0.374 e. The second-order valence-corrected chi connectivity index (χ2v) is 10.5. The maximum Gasteiger partial charge on any atom is 0.137 e. The van der Waals surface area contributed by atoms with Gasteiger partial charge in [0.2, 0.25) is 0 Å². The molecule has 5 nitrogen and oxygen atoms in total. The Morgan fingerprint density at radius 3 is 1.86 bits per heavy atom. The second kappa shape index (κ2) is 12.4. The van der Waals surface area contributed by atoms with Crippen molar-refractivity contribution in [2.24, 2.45) is 0 Å². The van der Waals surface area contributed by atoms with Crippen molar-refractivity contribution in [2.45, 2.75) is 74.0 Å². The molecule has 2 saturated heterocycles. The van der Waals surface area contributed by atoms with Crippen molar-refractivity contribution in [3.63, 3.8) is 0 Å². The number of rotatable bonds is 9. The van der Waals surface area contributed by atoms with E-state index in [1.165, 1.54) is 0 Å². The van der Waals surface area contributed by atoms with E-state index >= 15 is 0 Å². The van der Waals surface area contributed by atoms with Gasteiger partial charge in [-0.15, -0.1) is 0 Å². The lowest BCUT2D eigenvalue weighted by Crippen LogP contribution is -2.65. The van der Waals surface area contributed by atoms with Crippen LogP contribution in [0.5, 0.6) is 0 Å². The molecule has 5 rings (SSSR count). The minimum atomic E-state index is -0.305. The molecule has 36 heavy (non-hydrogen) atoms. The van der Waals surface area contributed by atoms with Gasteiger partial charge in [-0.1, -0.05) is 90.6 Å². The van der Waals surface area contributed by atoms with E-state index in [1.807, 2.05) is 61.5 Å². The predicted molar refractivity (Wildman–Crippen MR) is 141 cm³/mol. The first-order valence-corrected chi connectivity index (χ1v) is 13.5. The Labute approximate surface area is 218 Å². The lowest BCUT2D eigenvalue weighted by atomic mass is 9.96. The molecule has 2 unspecified atom stereocenters. The summed E-state index contributed by atoms with van der Waals surface area (Å²) in [5.74, 6) is 0. The molecule has 2 fully saturated rings. The second-order valence-electron chi connectivity index (χ2n) is 9.35. The fraction of sp³-hybridized carbons (Fsp3) is 0.400. The summed E-state index contributed by atoms with van der Waals surface area (Å²) < 4.78 is 32.4. The topological polar surface area (TPSA) is 46.2 Å². The molecule has 0 N–H and O–H groups in total. The summed E-state index contributed by atoms with van der Waals surface area (Å²) in [6, 6.07) is 30.7. The molecule has 0 aromatic heterocycles. The minimum absolute atomic E-state index is 0.0413. The molecule has 0 spiro atoms. The average Bonchev–Trinajstić information content (AvgIpc) is 2.91. The molecule has 3 aromatic rings. The number of hydrogen-bond acceptors (Lipinski definition) is 6. The van der Waals surface area contributed by atoms with Crippen LogP contribution < -0.4 is 0 Å². The highest BCUT2D eigenvalue weighted by atomic mass is 32.2. The number of hydrogen-bond donors (Lipinski definition) is 0. The molecule has 6 heteroatoms. The third kappa shape index (κ3) is 6.38. The summed E-state index contributed by atoms with van der Waals surface area (Å²) in [5.41, 5.74) is 1.97. The smallest absolute Gasteiger partial charge is 0.137 e. The van der Waals surface area contributed by atoms with Crippen molar-refractivity contribution in [2.75, 3.05) is 6.61 Å². The molecule has 0 radical (unpaired) electrons. The number of benzene rings is 3. The normalized spacial score (nSPS) is 30.0. The highest BCUT2D eigenvalue weighted by molar-refractivity contribution is 7.99. The summed E-state index contributed by atoms with van der Waals surface area (Å²) >= 11 is 1.66. The largest absolute Gasteiger partial charge is 0.374 e. The van der Waals surface area contributed by atoms with E-state index in [9.17, 15) is 0 Å². The fourth-order valence-electron chi connectivity index (χ4n) is 4.59. The van der Waals surface area contributed by atoms with Gasteiger partial charge in [0.15, 0.2) is 0 Å². The Hall–Kier alpha value is -2.19. The highest BCUT2D eigenvalue weighted by Crippen LogP contribution is 2.40. The quantitative estimate of drug-likeness (QED) is 0.362. The Bertz CT molecular complexity index is 1050. The van der Waals surface area contributed by atoms with Gasteiger partial charge in [0.1, 0.15) is 29.9 Å². The van der Waals surface area contributed by atoms with Crippen molar-refractivity contribution >= 4 is 11.8 Å². The highest BCUT2D eigenvalue weighted by Gasteiger charge is 2.52. The summed E-state index contributed by atoms with van der Waals surface area (Å²) in [6.45, 7) is 5.53. The fourth-order valence-corrected chi connectivity index (χ4v) is 5.74. The van der Waals surface area contributed by atoms with Crippen LogP contribution >= 0.6 is 11.8 Å². The first kappa shape index (κ1) is 25.5. The lowest BCUT2D eigenvalue weighted by molar-refractivity contribution is -0.308. The van der Waals surface area contributed by atoms with Crippen molar-refractivity contribution in [1.29, 1.82) is 0 Å². The van der Waals surface area contributed by atoms with E-state index in [0.29, 0.717) is 19.8 Å². The van der Waals surface area contributed by atoms with E-state index in [-0.39, 0.29) is 42.1 Å². The molecule has 3 aromatic carbocycles. The molecule has 0 saturated carbocycles. The number of fused-ring (bicyclic) bond motifs is 1. The van der Waals surface area contributed by atoms with E-state index in [4.69, 9.17) is 23.7 Å². The van der Waals surface area contributed by atoms with Gasteiger partial charge >= 0.3 is 0 Å². The Kier molecular flexibility index (Phi) is 8.75. The molecular formula is C30H34O5S. The standard InChI is InChI=1S/C30H34O5S/c1-21-22(2)34-28-27(33-21)26(20-31-18-23-12-6-3-7-13-23)35-30(36-25-16-10-5-11-17-25)29(28)32-19-24-14-8-4-9-15-24/h3-17,21-22,26-30H,18-20H2,1-2H3/t21?,22?,26-,27-,28+,29+,30-/m1/s1. The molecular weight excluding hydrogens is 472 g/mol. The van der Waals surface area contributed by atoms with Crippen LogP contribution in [0.25, 0.3) is 0 Å².